The zero-order chi connectivity index (χ0) is 22.0. The highest BCUT2D eigenvalue weighted by Gasteiger charge is 2.25. The molecule has 0 aromatic heterocycles. The van der Waals surface area contributed by atoms with Crippen molar-refractivity contribution in [2.24, 2.45) is 11.1 Å². The van der Waals surface area contributed by atoms with Gasteiger partial charge in [0, 0.05) is 32.0 Å². The van der Waals surface area contributed by atoms with E-state index in [2.05, 4.69) is 36.7 Å². The van der Waals surface area contributed by atoms with Gasteiger partial charge in [-0.15, -0.1) is 0 Å². The smallest absolute Gasteiger partial charge is 0.222 e. The average molecular weight is 417 g/mol. The number of hydrogen-bond acceptors (Lipinski definition) is 6. The van der Waals surface area contributed by atoms with E-state index in [0.717, 1.165) is 32.2 Å². The standard InChI is InChI=1S/C21H44N4O4/c1-21(2,3)18(25-20(27)9-7-12-23-4)8-5-6-13-24-19(26)10-14-28-16-17-29-15-11-22/h18,23H,5-17,22H2,1-4H3,(H,24,26)(H,25,27). The normalized spacial score (nSPS) is 12.6. The molecule has 29 heavy (non-hydrogen) atoms. The van der Waals surface area contributed by atoms with Crippen LogP contribution in [-0.2, 0) is 19.1 Å². The Hall–Kier alpha value is -1.22. The molecule has 0 spiro atoms. The zero-order valence-corrected chi connectivity index (χ0v) is 19.0. The number of carbonyl (C=O) groups excluding carboxylic acids is 2. The first-order chi connectivity index (χ1) is 13.8. The Labute approximate surface area is 177 Å². The molecular weight excluding hydrogens is 372 g/mol. The van der Waals surface area contributed by atoms with Crippen molar-refractivity contribution in [3.63, 3.8) is 0 Å². The van der Waals surface area contributed by atoms with Gasteiger partial charge < -0.3 is 31.2 Å². The number of nitrogens with one attached hydrogen (secondary N) is 3. The first-order valence-electron chi connectivity index (χ1n) is 10.9. The molecule has 0 fully saturated rings. The molecule has 1 unspecified atom stereocenters. The molecule has 0 radical (unpaired) electrons. The maximum atomic E-state index is 12.1. The van der Waals surface area contributed by atoms with Crippen molar-refractivity contribution in [2.45, 2.75) is 65.3 Å². The molecule has 8 nitrogen and oxygen atoms in total. The number of rotatable bonds is 18. The molecule has 0 rings (SSSR count). The van der Waals surface area contributed by atoms with Crippen LogP contribution in [0.25, 0.3) is 0 Å². The van der Waals surface area contributed by atoms with Crippen LogP contribution in [0.1, 0.15) is 59.3 Å². The molecule has 1 atom stereocenters. The minimum absolute atomic E-state index is 0.00177. The summed E-state index contributed by atoms with van der Waals surface area (Å²) in [4.78, 5) is 23.9. The Morgan fingerprint density at radius 2 is 1.59 bits per heavy atom. The van der Waals surface area contributed by atoms with E-state index in [4.69, 9.17) is 15.2 Å². The summed E-state index contributed by atoms with van der Waals surface area (Å²) in [5.41, 5.74) is 5.33. The van der Waals surface area contributed by atoms with Gasteiger partial charge in [0.1, 0.15) is 0 Å². The summed E-state index contributed by atoms with van der Waals surface area (Å²) in [6.07, 6.45) is 4.49. The molecule has 0 aliphatic heterocycles. The van der Waals surface area contributed by atoms with E-state index in [9.17, 15) is 9.59 Å². The molecule has 5 N–H and O–H groups in total. The topological polar surface area (TPSA) is 115 Å². The molecule has 8 heteroatoms. The largest absolute Gasteiger partial charge is 0.379 e. The second-order valence-electron chi connectivity index (χ2n) is 8.30. The van der Waals surface area contributed by atoms with Crippen molar-refractivity contribution >= 4 is 11.8 Å². The van der Waals surface area contributed by atoms with E-state index < -0.39 is 0 Å². The minimum Gasteiger partial charge on any atom is -0.379 e. The van der Waals surface area contributed by atoms with E-state index in [-0.39, 0.29) is 23.3 Å². The van der Waals surface area contributed by atoms with Gasteiger partial charge in [-0.05, 0) is 44.7 Å². The zero-order valence-electron chi connectivity index (χ0n) is 19.0. The molecule has 0 aromatic carbocycles. The predicted molar refractivity (Wildman–Crippen MR) is 117 cm³/mol. The van der Waals surface area contributed by atoms with Gasteiger partial charge in [0.2, 0.25) is 11.8 Å². The SMILES string of the molecule is CNCCCC(=O)NC(CCCCNC(=O)CCOCCOCCN)C(C)(C)C. The fraction of sp³-hybridized carbons (Fsp3) is 0.905. The molecule has 0 heterocycles. The van der Waals surface area contributed by atoms with Gasteiger partial charge in [0.25, 0.3) is 0 Å². The Morgan fingerprint density at radius 3 is 2.21 bits per heavy atom. The van der Waals surface area contributed by atoms with E-state index in [1.165, 1.54) is 0 Å². The molecule has 0 aromatic rings. The quantitative estimate of drug-likeness (QED) is 0.250. The predicted octanol–water partition coefficient (Wildman–Crippen LogP) is 1.19. The Kier molecular flexibility index (Phi) is 16.9. The van der Waals surface area contributed by atoms with Gasteiger partial charge in [-0.2, -0.15) is 0 Å². The van der Waals surface area contributed by atoms with Gasteiger partial charge in [-0.1, -0.05) is 20.8 Å². The summed E-state index contributed by atoms with van der Waals surface area (Å²) >= 11 is 0. The summed E-state index contributed by atoms with van der Waals surface area (Å²) in [7, 11) is 1.89. The highest BCUT2D eigenvalue weighted by atomic mass is 16.5. The molecule has 0 aliphatic carbocycles. The van der Waals surface area contributed by atoms with Crippen molar-refractivity contribution in [1.29, 1.82) is 0 Å². The number of ether oxygens (including phenoxy) is 2. The third kappa shape index (κ3) is 17.4. The van der Waals surface area contributed by atoms with Crippen LogP contribution in [0.2, 0.25) is 0 Å². The summed E-state index contributed by atoms with van der Waals surface area (Å²) in [6.45, 7) is 10.3. The highest BCUT2D eigenvalue weighted by Crippen LogP contribution is 2.23. The highest BCUT2D eigenvalue weighted by molar-refractivity contribution is 5.76. The molecular formula is C21H44N4O4. The number of hydrogen-bond donors (Lipinski definition) is 4. The summed E-state index contributed by atoms with van der Waals surface area (Å²) < 4.78 is 10.5. The summed E-state index contributed by atoms with van der Waals surface area (Å²) in [6, 6.07) is 0.134. The lowest BCUT2D eigenvalue weighted by atomic mass is 9.83. The Bertz CT molecular complexity index is 427. The molecule has 0 aliphatic rings. The Balaban J connectivity index is 3.86. The third-order valence-electron chi connectivity index (χ3n) is 4.56. The fourth-order valence-electron chi connectivity index (χ4n) is 2.77. The Morgan fingerprint density at radius 1 is 0.897 bits per heavy atom. The maximum absolute atomic E-state index is 12.1. The van der Waals surface area contributed by atoms with Gasteiger partial charge in [-0.3, -0.25) is 9.59 Å². The maximum Gasteiger partial charge on any atom is 0.222 e. The first kappa shape index (κ1) is 27.8. The molecule has 0 saturated heterocycles. The van der Waals surface area contributed by atoms with Crippen molar-refractivity contribution in [3.8, 4) is 0 Å². The van der Waals surface area contributed by atoms with Gasteiger partial charge in [-0.25, -0.2) is 0 Å². The van der Waals surface area contributed by atoms with Gasteiger partial charge >= 0.3 is 0 Å². The van der Waals surface area contributed by atoms with E-state index in [1.807, 2.05) is 7.05 Å². The first-order valence-corrected chi connectivity index (χ1v) is 10.9. The molecule has 172 valence electrons. The third-order valence-corrected chi connectivity index (χ3v) is 4.56. The summed E-state index contributed by atoms with van der Waals surface area (Å²) in [5, 5.41) is 9.16. The van der Waals surface area contributed by atoms with Crippen LogP contribution in [0.5, 0.6) is 0 Å². The van der Waals surface area contributed by atoms with Gasteiger partial charge in [0.15, 0.2) is 0 Å². The monoisotopic (exact) mass is 416 g/mol. The average Bonchev–Trinajstić information content (AvgIpc) is 2.65. The lowest BCUT2D eigenvalue weighted by molar-refractivity contribution is -0.123. The second-order valence-corrected chi connectivity index (χ2v) is 8.30. The van der Waals surface area contributed by atoms with Crippen LogP contribution in [0.15, 0.2) is 0 Å². The molecule has 0 saturated carbocycles. The summed E-state index contributed by atoms with van der Waals surface area (Å²) in [5.74, 6) is 0.111. The van der Waals surface area contributed by atoms with Crippen LogP contribution in [0.3, 0.4) is 0 Å². The number of amides is 2. The fourth-order valence-corrected chi connectivity index (χ4v) is 2.77. The van der Waals surface area contributed by atoms with Crippen molar-refractivity contribution in [3.05, 3.63) is 0 Å². The van der Waals surface area contributed by atoms with Crippen LogP contribution < -0.4 is 21.7 Å². The number of nitrogens with two attached hydrogens (primary N) is 1. The van der Waals surface area contributed by atoms with E-state index >= 15 is 0 Å². The van der Waals surface area contributed by atoms with Crippen LogP contribution >= 0.6 is 0 Å². The van der Waals surface area contributed by atoms with E-state index in [0.29, 0.717) is 52.4 Å². The van der Waals surface area contributed by atoms with Crippen molar-refractivity contribution in [1.82, 2.24) is 16.0 Å². The molecule has 0 bridgehead atoms. The number of unbranched alkanes of at least 4 members (excludes halogenated alkanes) is 1. The van der Waals surface area contributed by atoms with Crippen LogP contribution in [0.4, 0.5) is 0 Å². The minimum atomic E-state index is -0.00177. The lowest BCUT2D eigenvalue weighted by Crippen LogP contribution is -2.43. The van der Waals surface area contributed by atoms with Crippen molar-refractivity contribution < 1.29 is 19.1 Å². The van der Waals surface area contributed by atoms with Gasteiger partial charge in [0.05, 0.1) is 26.4 Å². The lowest BCUT2D eigenvalue weighted by Gasteiger charge is -2.31. The number of carbonyl (C=O) groups is 2. The van der Waals surface area contributed by atoms with Crippen molar-refractivity contribution in [2.75, 3.05) is 53.1 Å². The van der Waals surface area contributed by atoms with Crippen LogP contribution in [0, 0.1) is 5.41 Å². The molecule has 2 amide bonds. The van der Waals surface area contributed by atoms with Crippen LogP contribution in [-0.4, -0.2) is 71.0 Å². The second kappa shape index (κ2) is 17.6. The van der Waals surface area contributed by atoms with E-state index in [1.54, 1.807) is 0 Å².